The minimum absolute atomic E-state index is 0.257. The minimum atomic E-state index is 0.257. The molecule has 0 fully saturated rings. The third-order valence-electron chi connectivity index (χ3n) is 2.91. The number of nitrogens with one attached hydrogen (secondary N) is 1. The van der Waals surface area contributed by atoms with E-state index < -0.39 is 0 Å². The summed E-state index contributed by atoms with van der Waals surface area (Å²) in [6.07, 6.45) is 3.06. The number of aryl methyl sites for hydroxylation is 1. The van der Waals surface area contributed by atoms with Crippen molar-refractivity contribution in [1.82, 2.24) is 5.32 Å². The van der Waals surface area contributed by atoms with E-state index in [0.717, 1.165) is 30.8 Å². The molecule has 3 heteroatoms. The third-order valence-corrected chi connectivity index (χ3v) is 3.14. The zero-order chi connectivity index (χ0) is 10.7. The molecule has 0 spiro atoms. The van der Waals surface area contributed by atoms with Crippen LogP contribution in [0.25, 0.3) is 0 Å². The molecule has 1 aromatic rings. The normalized spacial score (nSPS) is 19.2. The molecular formula is C12H16ClNO. The van der Waals surface area contributed by atoms with E-state index in [0.29, 0.717) is 6.04 Å². The van der Waals surface area contributed by atoms with Gasteiger partial charge in [-0.25, -0.2) is 0 Å². The molecule has 0 amide bonds. The second-order valence-corrected chi connectivity index (χ2v) is 4.40. The van der Waals surface area contributed by atoms with Crippen LogP contribution in [-0.2, 0) is 6.42 Å². The van der Waals surface area contributed by atoms with E-state index in [9.17, 15) is 0 Å². The molecule has 2 nitrogen and oxygen atoms in total. The SMILES string of the molecule is OCCCN[C@@H]1CCc2cc(Cl)ccc21. The first-order valence-electron chi connectivity index (χ1n) is 5.44. The van der Waals surface area contributed by atoms with Gasteiger partial charge in [0.1, 0.15) is 0 Å². The fraction of sp³-hybridized carbons (Fsp3) is 0.500. The Hall–Kier alpha value is -0.570. The van der Waals surface area contributed by atoms with Gasteiger partial charge in [0.15, 0.2) is 0 Å². The summed E-state index contributed by atoms with van der Waals surface area (Å²) in [6.45, 7) is 1.14. The predicted molar refractivity (Wildman–Crippen MR) is 62.2 cm³/mol. The molecule has 1 aliphatic carbocycles. The number of aliphatic hydroxyl groups is 1. The van der Waals surface area contributed by atoms with Crippen LogP contribution in [0.15, 0.2) is 18.2 Å². The second-order valence-electron chi connectivity index (χ2n) is 3.97. The Morgan fingerprint density at radius 1 is 1.47 bits per heavy atom. The summed E-state index contributed by atoms with van der Waals surface area (Å²) >= 11 is 5.94. The molecule has 0 aliphatic heterocycles. The maximum absolute atomic E-state index is 8.71. The molecule has 0 bridgehead atoms. The number of benzene rings is 1. The molecule has 15 heavy (non-hydrogen) atoms. The molecule has 1 aliphatic rings. The summed E-state index contributed by atoms with van der Waals surface area (Å²) in [7, 11) is 0. The van der Waals surface area contributed by atoms with Gasteiger partial charge in [-0.2, -0.15) is 0 Å². The van der Waals surface area contributed by atoms with E-state index in [4.69, 9.17) is 16.7 Å². The molecule has 0 heterocycles. The van der Waals surface area contributed by atoms with Gasteiger partial charge < -0.3 is 10.4 Å². The zero-order valence-corrected chi connectivity index (χ0v) is 9.43. The molecule has 2 rings (SSSR count). The number of hydrogen-bond acceptors (Lipinski definition) is 2. The summed E-state index contributed by atoms with van der Waals surface area (Å²) < 4.78 is 0. The molecule has 1 atom stereocenters. The highest BCUT2D eigenvalue weighted by molar-refractivity contribution is 6.30. The van der Waals surface area contributed by atoms with Crippen molar-refractivity contribution in [1.29, 1.82) is 0 Å². The fourth-order valence-electron chi connectivity index (χ4n) is 2.15. The van der Waals surface area contributed by atoms with E-state index in [1.807, 2.05) is 6.07 Å². The van der Waals surface area contributed by atoms with Crippen molar-refractivity contribution in [2.45, 2.75) is 25.3 Å². The lowest BCUT2D eigenvalue weighted by atomic mass is 10.1. The highest BCUT2D eigenvalue weighted by Gasteiger charge is 2.21. The number of aliphatic hydroxyl groups excluding tert-OH is 1. The summed E-state index contributed by atoms with van der Waals surface area (Å²) in [5, 5.41) is 13.0. The monoisotopic (exact) mass is 225 g/mol. The third kappa shape index (κ3) is 2.51. The summed E-state index contributed by atoms with van der Waals surface area (Å²) in [6, 6.07) is 6.57. The van der Waals surface area contributed by atoms with Crippen LogP contribution in [0, 0.1) is 0 Å². The molecule has 0 saturated carbocycles. The van der Waals surface area contributed by atoms with Crippen LogP contribution in [0.2, 0.25) is 5.02 Å². The molecule has 0 radical (unpaired) electrons. The number of halogens is 1. The molecular weight excluding hydrogens is 210 g/mol. The van der Waals surface area contributed by atoms with Crippen molar-refractivity contribution in [3.63, 3.8) is 0 Å². The Morgan fingerprint density at radius 2 is 2.33 bits per heavy atom. The Kier molecular flexibility index (Phi) is 3.62. The van der Waals surface area contributed by atoms with Crippen molar-refractivity contribution in [2.75, 3.05) is 13.2 Å². The smallest absolute Gasteiger partial charge is 0.0443 e. The Balaban J connectivity index is 2.02. The molecule has 0 saturated heterocycles. The van der Waals surface area contributed by atoms with Gasteiger partial charge in [-0.1, -0.05) is 17.7 Å². The van der Waals surface area contributed by atoms with E-state index in [1.54, 1.807) is 0 Å². The minimum Gasteiger partial charge on any atom is -0.396 e. The van der Waals surface area contributed by atoms with Gasteiger partial charge in [0.2, 0.25) is 0 Å². The van der Waals surface area contributed by atoms with Crippen LogP contribution >= 0.6 is 11.6 Å². The fourth-order valence-corrected chi connectivity index (χ4v) is 2.35. The Labute approximate surface area is 95.3 Å². The van der Waals surface area contributed by atoms with Gasteiger partial charge in [0.05, 0.1) is 0 Å². The number of hydrogen-bond donors (Lipinski definition) is 2. The number of rotatable bonds is 4. The van der Waals surface area contributed by atoms with Gasteiger partial charge in [0, 0.05) is 17.7 Å². The first kappa shape index (κ1) is 10.9. The Bertz CT molecular complexity index is 340. The van der Waals surface area contributed by atoms with E-state index in [2.05, 4.69) is 17.4 Å². The quantitative estimate of drug-likeness (QED) is 0.771. The van der Waals surface area contributed by atoms with Crippen molar-refractivity contribution in [3.05, 3.63) is 34.3 Å². The largest absolute Gasteiger partial charge is 0.396 e. The second kappa shape index (κ2) is 4.97. The van der Waals surface area contributed by atoms with Crippen LogP contribution in [0.4, 0.5) is 0 Å². The maximum Gasteiger partial charge on any atom is 0.0443 e. The van der Waals surface area contributed by atoms with Gasteiger partial charge >= 0.3 is 0 Å². The Morgan fingerprint density at radius 3 is 3.13 bits per heavy atom. The molecule has 1 aromatic carbocycles. The van der Waals surface area contributed by atoms with E-state index in [-0.39, 0.29) is 6.61 Å². The molecule has 0 aromatic heterocycles. The zero-order valence-electron chi connectivity index (χ0n) is 8.67. The highest BCUT2D eigenvalue weighted by atomic mass is 35.5. The average molecular weight is 226 g/mol. The molecule has 2 N–H and O–H groups in total. The van der Waals surface area contributed by atoms with Gasteiger partial charge in [-0.05, 0) is 49.1 Å². The van der Waals surface area contributed by atoms with Crippen LogP contribution in [0.5, 0.6) is 0 Å². The predicted octanol–water partition coefficient (Wildman–Crippen LogP) is 2.30. The summed E-state index contributed by atoms with van der Waals surface area (Å²) in [5.41, 5.74) is 2.74. The first-order valence-corrected chi connectivity index (χ1v) is 5.81. The highest BCUT2D eigenvalue weighted by Crippen LogP contribution is 2.32. The standard InChI is InChI=1S/C12H16ClNO/c13-10-3-4-11-9(8-10)2-5-12(11)14-6-1-7-15/h3-4,8,12,14-15H,1-2,5-7H2/t12-/m1/s1. The molecule has 0 unspecified atom stereocenters. The lowest BCUT2D eigenvalue weighted by Crippen LogP contribution is -2.21. The van der Waals surface area contributed by atoms with Crippen molar-refractivity contribution < 1.29 is 5.11 Å². The average Bonchev–Trinajstić information content (AvgIpc) is 2.61. The maximum atomic E-state index is 8.71. The van der Waals surface area contributed by atoms with Crippen molar-refractivity contribution >= 4 is 11.6 Å². The van der Waals surface area contributed by atoms with E-state index >= 15 is 0 Å². The first-order chi connectivity index (χ1) is 7.31. The lowest BCUT2D eigenvalue weighted by Gasteiger charge is -2.13. The van der Waals surface area contributed by atoms with Gasteiger partial charge in [0.25, 0.3) is 0 Å². The molecule has 82 valence electrons. The van der Waals surface area contributed by atoms with Gasteiger partial charge in [-0.3, -0.25) is 0 Å². The van der Waals surface area contributed by atoms with Crippen LogP contribution in [-0.4, -0.2) is 18.3 Å². The lowest BCUT2D eigenvalue weighted by molar-refractivity contribution is 0.283. The van der Waals surface area contributed by atoms with Crippen LogP contribution < -0.4 is 5.32 Å². The number of fused-ring (bicyclic) bond motifs is 1. The van der Waals surface area contributed by atoms with Crippen molar-refractivity contribution in [2.24, 2.45) is 0 Å². The van der Waals surface area contributed by atoms with Crippen LogP contribution in [0.3, 0.4) is 0 Å². The summed E-state index contributed by atoms with van der Waals surface area (Å²) in [5.74, 6) is 0. The van der Waals surface area contributed by atoms with Crippen molar-refractivity contribution in [3.8, 4) is 0 Å². The summed E-state index contributed by atoms with van der Waals surface area (Å²) in [4.78, 5) is 0. The van der Waals surface area contributed by atoms with Gasteiger partial charge in [-0.15, -0.1) is 0 Å². The van der Waals surface area contributed by atoms with E-state index in [1.165, 1.54) is 11.1 Å². The van der Waals surface area contributed by atoms with Crippen LogP contribution in [0.1, 0.15) is 30.0 Å². The topological polar surface area (TPSA) is 32.3 Å².